The highest BCUT2D eigenvalue weighted by Gasteiger charge is 2.18. The summed E-state index contributed by atoms with van der Waals surface area (Å²) >= 11 is 1.73. The molecule has 0 unspecified atom stereocenters. The third kappa shape index (κ3) is 2.75. The molecule has 1 aliphatic heterocycles. The van der Waals surface area contributed by atoms with Crippen LogP contribution in [0, 0.1) is 0 Å². The second kappa shape index (κ2) is 6.09. The van der Waals surface area contributed by atoms with Crippen LogP contribution in [0.15, 0.2) is 46.6 Å². The highest BCUT2D eigenvalue weighted by molar-refractivity contribution is 7.17. The summed E-state index contributed by atoms with van der Waals surface area (Å²) in [5, 5.41) is 15.3. The van der Waals surface area contributed by atoms with E-state index in [1.807, 2.05) is 16.9 Å². The summed E-state index contributed by atoms with van der Waals surface area (Å²) in [6, 6.07) is 8.78. The SMILES string of the molecule is c1cc2cc(-c3noc(-c4cnn(C5CCNCC5)c4)n3)ccc2s1. The summed E-state index contributed by atoms with van der Waals surface area (Å²) in [4.78, 5) is 4.56. The van der Waals surface area contributed by atoms with Crippen molar-refractivity contribution >= 4 is 21.4 Å². The molecule has 6 nitrogen and oxygen atoms in total. The van der Waals surface area contributed by atoms with Crippen molar-refractivity contribution in [2.75, 3.05) is 13.1 Å². The molecule has 4 heterocycles. The molecule has 126 valence electrons. The maximum atomic E-state index is 5.48. The van der Waals surface area contributed by atoms with E-state index < -0.39 is 0 Å². The molecule has 1 N–H and O–H groups in total. The van der Waals surface area contributed by atoms with Crippen molar-refractivity contribution in [1.29, 1.82) is 0 Å². The first-order chi connectivity index (χ1) is 12.4. The molecular formula is C18H17N5OS. The lowest BCUT2D eigenvalue weighted by Gasteiger charge is -2.22. The normalized spacial score (nSPS) is 15.8. The predicted molar refractivity (Wildman–Crippen MR) is 97.5 cm³/mol. The smallest absolute Gasteiger partial charge is 0.261 e. The zero-order valence-electron chi connectivity index (χ0n) is 13.6. The van der Waals surface area contributed by atoms with Crippen LogP contribution in [0.4, 0.5) is 0 Å². The molecule has 1 aliphatic rings. The van der Waals surface area contributed by atoms with Crippen molar-refractivity contribution in [1.82, 2.24) is 25.2 Å². The number of thiophene rings is 1. The van der Waals surface area contributed by atoms with Gasteiger partial charge < -0.3 is 9.84 Å². The standard InChI is InChI=1S/C18H17N5OS/c1-2-16-12(5-8-25-16)9-13(1)17-21-18(24-22-17)14-10-20-23(11-14)15-3-6-19-7-4-15/h1-2,5,8-11,15,19H,3-4,6-7H2. The van der Waals surface area contributed by atoms with Gasteiger partial charge in [-0.05, 0) is 61.0 Å². The Kier molecular flexibility index (Phi) is 3.61. The van der Waals surface area contributed by atoms with Gasteiger partial charge >= 0.3 is 0 Å². The summed E-state index contributed by atoms with van der Waals surface area (Å²) in [6.45, 7) is 2.07. The van der Waals surface area contributed by atoms with E-state index in [1.165, 1.54) is 10.1 Å². The maximum absolute atomic E-state index is 5.48. The first-order valence-electron chi connectivity index (χ1n) is 8.43. The fraction of sp³-hybridized carbons (Fsp3) is 0.278. The zero-order valence-corrected chi connectivity index (χ0v) is 14.4. The van der Waals surface area contributed by atoms with E-state index in [-0.39, 0.29) is 0 Å². The first-order valence-corrected chi connectivity index (χ1v) is 9.31. The monoisotopic (exact) mass is 351 g/mol. The Hall–Kier alpha value is -2.51. The second-order valence-corrected chi connectivity index (χ2v) is 7.23. The first kappa shape index (κ1) is 14.8. The number of fused-ring (bicyclic) bond motifs is 1. The maximum Gasteiger partial charge on any atom is 0.261 e. The summed E-state index contributed by atoms with van der Waals surface area (Å²) < 4.78 is 8.76. The van der Waals surface area contributed by atoms with Crippen LogP contribution in [-0.2, 0) is 0 Å². The minimum atomic E-state index is 0.443. The molecule has 0 atom stereocenters. The number of nitrogens with one attached hydrogen (secondary N) is 1. The number of nitrogens with zero attached hydrogens (tertiary/aromatic N) is 4. The lowest BCUT2D eigenvalue weighted by Crippen LogP contribution is -2.29. The van der Waals surface area contributed by atoms with Crippen molar-refractivity contribution in [2.24, 2.45) is 0 Å². The van der Waals surface area contributed by atoms with Gasteiger partial charge in [0, 0.05) is 16.5 Å². The van der Waals surface area contributed by atoms with Crippen LogP contribution < -0.4 is 5.32 Å². The van der Waals surface area contributed by atoms with E-state index in [1.54, 1.807) is 17.5 Å². The van der Waals surface area contributed by atoms with Crippen molar-refractivity contribution in [2.45, 2.75) is 18.9 Å². The molecule has 5 rings (SSSR count). The largest absolute Gasteiger partial charge is 0.333 e. The highest BCUT2D eigenvalue weighted by Crippen LogP contribution is 2.28. The Bertz CT molecular complexity index is 1010. The van der Waals surface area contributed by atoms with Crippen LogP contribution in [0.2, 0.25) is 0 Å². The molecule has 4 aromatic rings. The van der Waals surface area contributed by atoms with Gasteiger partial charge in [-0.25, -0.2) is 0 Å². The molecule has 7 heteroatoms. The van der Waals surface area contributed by atoms with Crippen LogP contribution in [0.1, 0.15) is 18.9 Å². The van der Waals surface area contributed by atoms with Gasteiger partial charge in [0.05, 0.1) is 17.8 Å². The molecule has 1 saturated heterocycles. The number of rotatable bonds is 3. The van der Waals surface area contributed by atoms with Crippen molar-refractivity contribution in [3.05, 3.63) is 42.0 Å². The molecule has 0 bridgehead atoms. The fourth-order valence-electron chi connectivity index (χ4n) is 3.28. The Balaban J connectivity index is 1.43. The van der Waals surface area contributed by atoms with Gasteiger partial charge in [-0.2, -0.15) is 10.1 Å². The Morgan fingerprint density at radius 2 is 2.08 bits per heavy atom. The predicted octanol–water partition coefficient (Wildman–Crippen LogP) is 3.74. The third-order valence-corrected chi connectivity index (χ3v) is 5.57. The van der Waals surface area contributed by atoms with Gasteiger partial charge in [0.2, 0.25) is 5.82 Å². The zero-order chi connectivity index (χ0) is 16.6. The number of piperidine rings is 1. The van der Waals surface area contributed by atoms with E-state index >= 15 is 0 Å². The number of hydrogen-bond donors (Lipinski definition) is 1. The van der Waals surface area contributed by atoms with Crippen LogP contribution in [0.3, 0.4) is 0 Å². The van der Waals surface area contributed by atoms with Crippen LogP contribution >= 0.6 is 11.3 Å². The van der Waals surface area contributed by atoms with Crippen LogP contribution in [-0.4, -0.2) is 33.0 Å². The number of hydrogen-bond acceptors (Lipinski definition) is 6. The molecule has 0 saturated carbocycles. The molecule has 3 aromatic heterocycles. The Morgan fingerprint density at radius 1 is 1.16 bits per heavy atom. The lowest BCUT2D eigenvalue weighted by atomic mass is 10.1. The topological polar surface area (TPSA) is 68.8 Å². The van der Waals surface area contributed by atoms with Gasteiger partial charge in [-0.3, -0.25) is 4.68 Å². The van der Waals surface area contributed by atoms with Gasteiger partial charge in [0.15, 0.2) is 0 Å². The molecule has 25 heavy (non-hydrogen) atoms. The minimum Gasteiger partial charge on any atom is -0.333 e. The number of benzene rings is 1. The van der Waals surface area contributed by atoms with Crippen LogP contribution in [0.5, 0.6) is 0 Å². The van der Waals surface area contributed by atoms with Crippen LogP contribution in [0.25, 0.3) is 32.9 Å². The fourth-order valence-corrected chi connectivity index (χ4v) is 4.05. The number of aromatic nitrogens is 4. The molecular weight excluding hydrogens is 334 g/mol. The molecule has 1 fully saturated rings. The van der Waals surface area contributed by atoms with Gasteiger partial charge in [-0.1, -0.05) is 5.16 Å². The molecule has 0 amide bonds. The summed E-state index contributed by atoms with van der Waals surface area (Å²) in [7, 11) is 0. The summed E-state index contributed by atoms with van der Waals surface area (Å²) in [6.07, 6.45) is 6.00. The van der Waals surface area contributed by atoms with Gasteiger partial charge in [-0.15, -0.1) is 11.3 Å². The average molecular weight is 351 g/mol. The average Bonchev–Trinajstić information content (AvgIpc) is 3.40. The molecule has 0 spiro atoms. The van der Waals surface area contributed by atoms with Crippen molar-refractivity contribution in [3.63, 3.8) is 0 Å². The summed E-state index contributed by atoms with van der Waals surface area (Å²) in [5.41, 5.74) is 1.83. The van der Waals surface area contributed by atoms with Crippen molar-refractivity contribution < 1.29 is 4.52 Å². The van der Waals surface area contributed by atoms with E-state index in [2.05, 4.69) is 44.1 Å². The summed E-state index contributed by atoms with van der Waals surface area (Å²) in [5.74, 6) is 1.12. The Morgan fingerprint density at radius 3 is 3.00 bits per heavy atom. The second-order valence-electron chi connectivity index (χ2n) is 6.29. The highest BCUT2D eigenvalue weighted by atomic mass is 32.1. The van der Waals surface area contributed by atoms with E-state index in [9.17, 15) is 0 Å². The molecule has 0 radical (unpaired) electrons. The minimum absolute atomic E-state index is 0.443. The van der Waals surface area contributed by atoms with E-state index in [0.29, 0.717) is 17.8 Å². The van der Waals surface area contributed by atoms with Gasteiger partial charge in [0.25, 0.3) is 5.89 Å². The quantitative estimate of drug-likeness (QED) is 0.609. The molecule has 1 aromatic carbocycles. The van der Waals surface area contributed by atoms with E-state index in [4.69, 9.17) is 4.52 Å². The lowest BCUT2D eigenvalue weighted by molar-refractivity contribution is 0.343. The van der Waals surface area contributed by atoms with Gasteiger partial charge in [0.1, 0.15) is 0 Å². The van der Waals surface area contributed by atoms with E-state index in [0.717, 1.165) is 37.1 Å². The third-order valence-electron chi connectivity index (χ3n) is 4.67. The van der Waals surface area contributed by atoms with Crippen molar-refractivity contribution in [3.8, 4) is 22.8 Å². The Labute approximate surface area is 148 Å². The molecule has 0 aliphatic carbocycles.